The Morgan fingerprint density at radius 1 is 1.04 bits per heavy atom. The smallest absolute Gasteiger partial charge is 0.183 e. The quantitative estimate of drug-likeness (QED) is 0.240. The molecule has 0 bridgehead atoms. The van der Waals surface area contributed by atoms with E-state index in [2.05, 4.69) is 5.32 Å². The second-order valence-corrected chi connectivity index (χ2v) is 6.23. The van der Waals surface area contributed by atoms with E-state index < -0.39 is 55.5 Å². The van der Waals surface area contributed by atoms with Gasteiger partial charge in [-0.05, 0) is 11.5 Å². The number of aliphatic hydroxyl groups excluding tert-OH is 7. The van der Waals surface area contributed by atoms with Crippen LogP contribution in [0.15, 0.2) is 11.6 Å². The van der Waals surface area contributed by atoms with E-state index in [-0.39, 0.29) is 18.1 Å². The van der Waals surface area contributed by atoms with Gasteiger partial charge >= 0.3 is 0 Å². The number of nitrogens with one attached hydrogen (secondary N) is 1. The van der Waals surface area contributed by atoms with Gasteiger partial charge in [0.25, 0.3) is 0 Å². The number of ether oxygens (including phenoxy) is 1. The fourth-order valence-electron chi connectivity index (χ4n) is 2.99. The van der Waals surface area contributed by atoms with Crippen molar-refractivity contribution >= 4 is 0 Å². The fraction of sp³-hybridized carbons (Fsp3) is 0.857. The first-order valence-corrected chi connectivity index (χ1v) is 7.55. The van der Waals surface area contributed by atoms with Gasteiger partial charge in [-0.15, -0.1) is 0 Å². The van der Waals surface area contributed by atoms with Crippen molar-refractivity contribution in [2.24, 2.45) is 5.92 Å². The van der Waals surface area contributed by atoms with Gasteiger partial charge in [-0.25, -0.2) is 0 Å². The second-order valence-electron chi connectivity index (χ2n) is 6.23. The number of hydrogen-bond acceptors (Lipinski definition) is 9. The summed E-state index contributed by atoms with van der Waals surface area (Å²) < 4.78 is 5.02. The molecule has 23 heavy (non-hydrogen) atoms. The van der Waals surface area contributed by atoms with Gasteiger partial charge in [0.2, 0.25) is 0 Å². The first-order valence-electron chi connectivity index (χ1n) is 7.55. The predicted molar refractivity (Wildman–Crippen MR) is 77.0 cm³/mol. The molecule has 0 aromatic carbocycles. The van der Waals surface area contributed by atoms with E-state index in [0.29, 0.717) is 0 Å². The van der Waals surface area contributed by atoms with Gasteiger partial charge in [0.15, 0.2) is 6.29 Å². The Bertz CT molecular complexity index is 433. The summed E-state index contributed by atoms with van der Waals surface area (Å²) in [5.74, 6) is -0.320. The Hall–Kier alpha value is -0.620. The van der Waals surface area contributed by atoms with E-state index in [0.717, 1.165) is 0 Å². The fourth-order valence-corrected chi connectivity index (χ4v) is 2.99. The first kappa shape index (κ1) is 18.7. The molecule has 0 spiro atoms. The average Bonchev–Trinajstić information content (AvgIpc) is 2.62. The Balaban J connectivity index is 2.19. The molecule has 1 heterocycles. The van der Waals surface area contributed by atoms with E-state index in [1.807, 2.05) is 0 Å². The monoisotopic (exact) mass is 335 g/mol. The maximum Gasteiger partial charge on any atom is 0.183 e. The van der Waals surface area contributed by atoms with Crippen molar-refractivity contribution in [3.63, 3.8) is 0 Å². The van der Waals surface area contributed by atoms with Gasteiger partial charge in [-0.2, -0.15) is 0 Å². The molecule has 9 atom stereocenters. The molecular weight excluding hydrogens is 310 g/mol. The van der Waals surface area contributed by atoms with E-state index >= 15 is 0 Å². The second kappa shape index (κ2) is 7.51. The van der Waals surface area contributed by atoms with Gasteiger partial charge in [0.1, 0.15) is 30.5 Å². The van der Waals surface area contributed by atoms with Crippen LogP contribution >= 0.6 is 0 Å². The van der Waals surface area contributed by atoms with Crippen LogP contribution in [-0.2, 0) is 4.74 Å². The summed E-state index contributed by atoms with van der Waals surface area (Å²) in [5, 5.41) is 71.4. The third-order valence-corrected chi connectivity index (χ3v) is 4.54. The molecule has 2 rings (SSSR count). The highest BCUT2D eigenvalue weighted by molar-refractivity contribution is 5.22. The van der Waals surface area contributed by atoms with Crippen LogP contribution in [0.5, 0.6) is 0 Å². The van der Waals surface area contributed by atoms with Crippen molar-refractivity contribution in [1.82, 2.24) is 5.32 Å². The summed E-state index contributed by atoms with van der Waals surface area (Å²) in [6, 6.07) is -1.61. The lowest BCUT2D eigenvalue weighted by Gasteiger charge is -2.38. The number of aliphatic hydroxyl groups is 7. The molecule has 1 saturated heterocycles. The lowest BCUT2D eigenvalue weighted by Crippen LogP contribution is -2.60. The molecule has 0 amide bonds. The van der Waals surface area contributed by atoms with Crippen LogP contribution in [0, 0.1) is 5.92 Å². The SMILES string of the molecule is C[C@@H]1CO[C@H](O)C(O)C(O)[C@@H]1NC1C=C(CO)[C@@H](O)C(O)[C@H]1O. The Morgan fingerprint density at radius 2 is 1.70 bits per heavy atom. The molecule has 9 heteroatoms. The summed E-state index contributed by atoms with van der Waals surface area (Å²) >= 11 is 0. The van der Waals surface area contributed by atoms with Crippen LogP contribution in [-0.4, -0.2) is 97.9 Å². The lowest BCUT2D eigenvalue weighted by molar-refractivity contribution is -0.177. The van der Waals surface area contributed by atoms with Crippen LogP contribution in [0.25, 0.3) is 0 Å². The Kier molecular flexibility index (Phi) is 6.11. The number of rotatable bonds is 3. The van der Waals surface area contributed by atoms with Crippen molar-refractivity contribution in [3.8, 4) is 0 Å². The van der Waals surface area contributed by atoms with Crippen molar-refractivity contribution in [1.29, 1.82) is 0 Å². The molecule has 0 aromatic rings. The van der Waals surface area contributed by atoms with Gasteiger partial charge in [0.05, 0.1) is 19.3 Å². The lowest BCUT2D eigenvalue weighted by atomic mass is 9.86. The van der Waals surface area contributed by atoms with Crippen LogP contribution in [0.3, 0.4) is 0 Å². The maximum absolute atomic E-state index is 10.2. The van der Waals surface area contributed by atoms with Crippen molar-refractivity contribution in [2.75, 3.05) is 13.2 Å². The molecule has 8 N–H and O–H groups in total. The molecule has 2 aliphatic rings. The third-order valence-electron chi connectivity index (χ3n) is 4.54. The van der Waals surface area contributed by atoms with Crippen LogP contribution in [0.4, 0.5) is 0 Å². The Morgan fingerprint density at radius 3 is 2.30 bits per heavy atom. The largest absolute Gasteiger partial charge is 0.392 e. The maximum atomic E-state index is 10.2. The van der Waals surface area contributed by atoms with E-state index in [1.165, 1.54) is 6.08 Å². The summed E-state index contributed by atoms with van der Waals surface area (Å²) in [7, 11) is 0. The predicted octanol–water partition coefficient (Wildman–Crippen LogP) is -3.97. The number of hydrogen-bond donors (Lipinski definition) is 8. The Labute approximate surface area is 133 Å². The zero-order valence-corrected chi connectivity index (χ0v) is 12.7. The minimum Gasteiger partial charge on any atom is -0.392 e. The molecule has 1 aliphatic carbocycles. The van der Waals surface area contributed by atoms with Crippen LogP contribution in [0.2, 0.25) is 0 Å². The van der Waals surface area contributed by atoms with Gasteiger partial charge in [-0.1, -0.05) is 13.0 Å². The van der Waals surface area contributed by atoms with Gasteiger partial charge in [0, 0.05) is 6.04 Å². The molecule has 0 radical (unpaired) electrons. The topological polar surface area (TPSA) is 163 Å². The van der Waals surface area contributed by atoms with E-state index in [1.54, 1.807) is 6.92 Å². The standard InChI is InChI=1S/C14H25NO8/c1-5-4-23-14(22)13(21)11(19)8(5)15-7-2-6(3-16)9(17)12(20)10(7)18/h2,5,7-22H,3-4H2,1H3/t5-,7?,8-,9-,10+,11?,12?,13?,14+/m1/s1. The average molecular weight is 335 g/mol. The molecule has 0 saturated carbocycles. The van der Waals surface area contributed by atoms with Crippen LogP contribution < -0.4 is 5.32 Å². The molecule has 4 unspecified atom stereocenters. The van der Waals surface area contributed by atoms with Gasteiger partial charge in [-0.3, -0.25) is 0 Å². The summed E-state index contributed by atoms with van der Waals surface area (Å²) in [5.41, 5.74) is 0.146. The summed E-state index contributed by atoms with van der Waals surface area (Å²) in [6.45, 7) is 1.30. The highest BCUT2D eigenvalue weighted by atomic mass is 16.6. The summed E-state index contributed by atoms with van der Waals surface area (Å²) in [6.07, 6.45) is -7.28. The van der Waals surface area contributed by atoms with Gasteiger partial charge < -0.3 is 45.8 Å². The molecule has 134 valence electrons. The summed E-state index contributed by atoms with van der Waals surface area (Å²) in [4.78, 5) is 0. The highest BCUT2D eigenvalue weighted by Gasteiger charge is 2.43. The molecule has 1 aliphatic heterocycles. The minimum absolute atomic E-state index is 0.0670. The van der Waals surface area contributed by atoms with Crippen molar-refractivity contribution < 1.29 is 40.5 Å². The molecule has 9 nitrogen and oxygen atoms in total. The zero-order chi connectivity index (χ0) is 17.3. The van der Waals surface area contributed by atoms with Crippen molar-refractivity contribution in [2.45, 2.75) is 55.8 Å². The molecular formula is C14H25NO8. The molecule has 0 aromatic heterocycles. The van der Waals surface area contributed by atoms with Crippen LogP contribution in [0.1, 0.15) is 6.92 Å². The van der Waals surface area contributed by atoms with E-state index in [4.69, 9.17) is 4.74 Å². The highest BCUT2D eigenvalue weighted by Crippen LogP contribution is 2.24. The third kappa shape index (κ3) is 3.73. The minimum atomic E-state index is -1.53. The van der Waals surface area contributed by atoms with E-state index in [9.17, 15) is 35.7 Å². The van der Waals surface area contributed by atoms with Crippen molar-refractivity contribution in [3.05, 3.63) is 11.6 Å². The zero-order valence-electron chi connectivity index (χ0n) is 12.7. The first-order chi connectivity index (χ1) is 10.8. The molecule has 1 fully saturated rings. The normalized spacial score (nSPS) is 48.7.